The van der Waals surface area contributed by atoms with E-state index in [2.05, 4.69) is 89.9 Å². The highest BCUT2D eigenvalue weighted by molar-refractivity contribution is 6.13. The van der Waals surface area contributed by atoms with Gasteiger partial charge in [-0.05, 0) is 29.3 Å². The average molecular weight is 475 g/mol. The summed E-state index contributed by atoms with van der Waals surface area (Å²) in [6, 6.07) is 43.4. The first kappa shape index (κ1) is 21.2. The number of rotatable bonds is 4. The van der Waals surface area contributed by atoms with Gasteiger partial charge in [-0.3, -0.25) is 0 Å². The first-order valence-corrected chi connectivity index (χ1v) is 12.3. The molecule has 2 heterocycles. The van der Waals surface area contributed by atoms with Crippen molar-refractivity contribution in [1.82, 2.24) is 19.9 Å². The lowest BCUT2D eigenvalue weighted by molar-refractivity contribution is 1.08. The highest BCUT2D eigenvalue weighted by Gasteiger charge is 2.16. The average Bonchev–Trinajstić information content (AvgIpc) is 3.37. The molecule has 0 aliphatic heterocycles. The molecular weight excluding hydrogens is 452 g/mol. The molecule has 7 aromatic rings. The number of H-pyrrole nitrogens is 1. The highest BCUT2D eigenvalue weighted by atomic mass is 15.0. The van der Waals surface area contributed by atoms with Gasteiger partial charge in [0, 0.05) is 38.5 Å². The third-order valence-electron chi connectivity index (χ3n) is 6.67. The molecule has 0 spiro atoms. The first-order valence-electron chi connectivity index (χ1n) is 12.3. The number of aromatic nitrogens is 4. The standard InChI is InChI=1S/C33H22N4/c1-3-11-22(12-4-1)24-15-9-16-25(21-24)32-35-31(23-13-5-2-6-14-23)36-33(37-32)27-18-10-20-29-30(27)26-17-7-8-19-28(26)34-29/h1-21,34H. The number of aromatic amines is 1. The van der Waals surface area contributed by atoms with E-state index >= 15 is 0 Å². The summed E-state index contributed by atoms with van der Waals surface area (Å²) in [5.41, 5.74) is 7.33. The van der Waals surface area contributed by atoms with Gasteiger partial charge in [-0.15, -0.1) is 0 Å². The van der Waals surface area contributed by atoms with E-state index < -0.39 is 0 Å². The molecule has 5 aromatic carbocycles. The fraction of sp³-hybridized carbons (Fsp3) is 0. The Kier molecular flexibility index (Phi) is 5.07. The van der Waals surface area contributed by atoms with E-state index in [0.717, 1.165) is 49.6 Å². The predicted molar refractivity (Wildman–Crippen MR) is 151 cm³/mol. The Labute approximate surface area is 214 Å². The van der Waals surface area contributed by atoms with Gasteiger partial charge in [-0.25, -0.2) is 15.0 Å². The zero-order valence-electron chi connectivity index (χ0n) is 20.0. The van der Waals surface area contributed by atoms with E-state index in [1.165, 1.54) is 0 Å². The van der Waals surface area contributed by atoms with Crippen molar-refractivity contribution < 1.29 is 0 Å². The maximum Gasteiger partial charge on any atom is 0.164 e. The number of hydrogen-bond acceptors (Lipinski definition) is 3. The van der Waals surface area contributed by atoms with Crippen molar-refractivity contribution in [2.45, 2.75) is 0 Å². The molecule has 0 bridgehead atoms. The summed E-state index contributed by atoms with van der Waals surface area (Å²) < 4.78 is 0. The van der Waals surface area contributed by atoms with Crippen molar-refractivity contribution >= 4 is 21.8 Å². The lowest BCUT2D eigenvalue weighted by atomic mass is 10.0. The second-order valence-corrected chi connectivity index (χ2v) is 9.02. The van der Waals surface area contributed by atoms with Crippen LogP contribution in [0.1, 0.15) is 0 Å². The topological polar surface area (TPSA) is 54.5 Å². The van der Waals surface area contributed by atoms with E-state index in [0.29, 0.717) is 17.5 Å². The Morgan fingerprint density at radius 2 is 0.973 bits per heavy atom. The molecule has 4 heteroatoms. The minimum Gasteiger partial charge on any atom is -0.354 e. The summed E-state index contributed by atoms with van der Waals surface area (Å²) in [5, 5.41) is 2.27. The lowest BCUT2D eigenvalue weighted by Gasteiger charge is -2.10. The Balaban J connectivity index is 1.47. The van der Waals surface area contributed by atoms with Crippen molar-refractivity contribution in [3.8, 4) is 45.3 Å². The van der Waals surface area contributed by atoms with Crippen LogP contribution in [0.15, 0.2) is 127 Å². The fourth-order valence-corrected chi connectivity index (χ4v) is 4.90. The van der Waals surface area contributed by atoms with Crippen LogP contribution in [0.5, 0.6) is 0 Å². The zero-order valence-corrected chi connectivity index (χ0v) is 20.0. The van der Waals surface area contributed by atoms with Crippen LogP contribution in [-0.4, -0.2) is 19.9 Å². The molecule has 0 unspecified atom stereocenters. The molecular formula is C33H22N4. The van der Waals surface area contributed by atoms with Crippen LogP contribution in [0, 0.1) is 0 Å². The van der Waals surface area contributed by atoms with Gasteiger partial charge in [0.15, 0.2) is 17.5 Å². The van der Waals surface area contributed by atoms with Crippen molar-refractivity contribution in [2.24, 2.45) is 0 Å². The highest BCUT2D eigenvalue weighted by Crippen LogP contribution is 2.35. The summed E-state index contributed by atoms with van der Waals surface area (Å²) in [6.45, 7) is 0. The van der Waals surface area contributed by atoms with Crippen LogP contribution in [0.3, 0.4) is 0 Å². The number of hydrogen-bond donors (Lipinski definition) is 1. The molecule has 37 heavy (non-hydrogen) atoms. The lowest BCUT2D eigenvalue weighted by Crippen LogP contribution is -2.00. The quantitative estimate of drug-likeness (QED) is 0.280. The van der Waals surface area contributed by atoms with E-state index in [-0.39, 0.29) is 0 Å². The largest absolute Gasteiger partial charge is 0.354 e. The fourth-order valence-electron chi connectivity index (χ4n) is 4.90. The zero-order chi connectivity index (χ0) is 24.6. The van der Waals surface area contributed by atoms with Crippen LogP contribution in [0.25, 0.3) is 67.1 Å². The molecule has 0 saturated heterocycles. The van der Waals surface area contributed by atoms with Gasteiger partial charge < -0.3 is 4.98 Å². The Hall–Kier alpha value is -5.09. The molecule has 174 valence electrons. The molecule has 0 fully saturated rings. The minimum atomic E-state index is 0.651. The van der Waals surface area contributed by atoms with Crippen LogP contribution >= 0.6 is 0 Å². The smallest absolute Gasteiger partial charge is 0.164 e. The summed E-state index contributed by atoms with van der Waals surface area (Å²) >= 11 is 0. The maximum absolute atomic E-state index is 5.03. The summed E-state index contributed by atoms with van der Waals surface area (Å²) in [7, 11) is 0. The van der Waals surface area contributed by atoms with E-state index in [1.807, 2.05) is 42.5 Å². The minimum absolute atomic E-state index is 0.651. The van der Waals surface area contributed by atoms with Crippen LogP contribution < -0.4 is 0 Å². The van der Waals surface area contributed by atoms with Crippen molar-refractivity contribution in [2.75, 3.05) is 0 Å². The molecule has 0 aliphatic carbocycles. The van der Waals surface area contributed by atoms with Gasteiger partial charge in [0.1, 0.15) is 0 Å². The van der Waals surface area contributed by atoms with E-state index in [1.54, 1.807) is 0 Å². The second kappa shape index (κ2) is 8.85. The number of benzene rings is 5. The van der Waals surface area contributed by atoms with E-state index in [4.69, 9.17) is 15.0 Å². The molecule has 0 radical (unpaired) electrons. The normalized spacial score (nSPS) is 11.2. The molecule has 7 rings (SSSR count). The molecule has 0 saturated carbocycles. The predicted octanol–water partition coefficient (Wildman–Crippen LogP) is 8.17. The number of para-hydroxylation sites is 1. The third kappa shape index (κ3) is 3.85. The van der Waals surface area contributed by atoms with Gasteiger partial charge in [0.25, 0.3) is 0 Å². The molecule has 0 aliphatic rings. The first-order chi connectivity index (χ1) is 18.3. The van der Waals surface area contributed by atoms with Crippen molar-refractivity contribution in [3.63, 3.8) is 0 Å². The van der Waals surface area contributed by atoms with Gasteiger partial charge in [-0.1, -0.05) is 109 Å². The summed E-state index contributed by atoms with van der Waals surface area (Å²) in [6.07, 6.45) is 0. The van der Waals surface area contributed by atoms with Gasteiger partial charge in [-0.2, -0.15) is 0 Å². The third-order valence-corrected chi connectivity index (χ3v) is 6.67. The Morgan fingerprint density at radius 3 is 1.78 bits per heavy atom. The van der Waals surface area contributed by atoms with Crippen LogP contribution in [0.2, 0.25) is 0 Å². The number of nitrogens with zero attached hydrogens (tertiary/aromatic N) is 3. The number of fused-ring (bicyclic) bond motifs is 3. The second-order valence-electron chi connectivity index (χ2n) is 9.02. The monoisotopic (exact) mass is 474 g/mol. The molecule has 0 amide bonds. The Bertz CT molecular complexity index is 1870. The SMILES string of the molecule is c1ccc(-c2cccc(-c3nc(-c4ccccc4)nc(-c4cccc5[nH]c6ccccc6c45)n3)c2)cc1. The van der Waals surface area contributed by atoms with Crippen molar-refractivity contribution in [1.29, 1.82) is 0 Å². The molecule has 4 nitrogen and oxygen atoms in total. The van der Waals surface area contributed by atoms with Crippen molar-refractivity contribution in [3.05, 3.63) is 127 Å². The summed E-state index contributed by atoms with van der Waals surface area (Å²) in [4.78, 5) is 18.5. The van der Waals surface area contributed by atoms with Crippen LogP contribution in [0.4, 0.5) is 0 Å². The molecule has 2 aromatic heterocycles. The maximum atomic E-state index is 5.03. The molecule has 0 atom stereocenters. The summed E-state index contributed by atoms with van der Waals surface area (Å²) in [5.74, 6) is 1.96. The van der Waals surface area contributed by atoms with Gasteiger partial charge in [0.2, 0.25) is 0 Å². The van der Waals surface area contributed by atoms with E-state index in [9.17, 15) is 0 Å². The molecule has 1 N–H and O–H groups in total. The number of nitrogens with one attached hydrogen (secondary N) is 1. The Morgan fingerprint density at radius 1 is 0.405 bits per heavy atom. The van der Waals surface area contributed by atoms with Gasteiger partial charge >= 0.3 is 0 Å². The van der Waals surface area contributed by atoms with Crippen LogP contribution in [-0.2, 0) is 0 Å². The van der Waals surface area contributed by atoms with Gasteiger partial charge in [0.05, 0.1) is 0 Å².